The number of fused-ring (bicyclic) bond motifs is 1. The van der Waals surface area contributed by atoms with E-state index in [9.17, 15) is 0 Å². The third-order valence-corrected chi connectivity index (χ3v) is 4.69. The maximum atomic E-state index is 5.62. The predicted octanol–water partition coefficient (Wildman–Crippen LogP) is 4.44. The Kier molecular flexibility index (Phi) is 8.05. The van der Waals surface area contributed by atoms with Crippen LogP contribution in [0, 0.1) is 6.92 Å². The molecule has 0 atom stereocenters. The first-order valence-corrected chi connectivity index (χ1v) is 10.2. The van der Waals surface area contributed by atoms with Gasteiger partial charge in [-0.25, -0.2) is 15.0 Å². The molecule has 0 amide bonds. The molecule has 0 radical (unpaired) electrons. The number of aromatic nitrogens is 3. The molecule has 162 valence electrons. The van der Waals surface area contributed by atoms with Gasteiger partial charge in [0.25, 0.3) is 0 Å². The Morgan fingerprint density at radius 2 is 1.87 bits per heavy atom. The largest absolute Gasteiger partial charge is 0.444 e. The fourth-order valence-electron chi connectivity index (χ4n) is 3.13. The molecule has 0 aliphatic rings. The highest BCUT2D eigenvalue weighted by molar-refractivity contribution is 14.0. The van der Waals surface area contributed by atoms with Gasteiger partial charge < -0.3 is 20.0 Å². The number of H-pyrrole nitrogens is 1. The van der Waals surface area contributed by atoms with E-state index < -0.39 is 0 Å². The van der Waals surface area contributed by atoms with Crippen LogP contribution >= 0.6 is 24.0 Å². The molecule has 4 aromatic rings. The lowest BCUT2D eigenvalue weighted by Crippen LogP contribution is -2.38. The number of hydrogen-bond donors (Lipinski definition) is 3. The predicted molar refractivity (Wildman–Crippen MR) is 135 cm³/mol. The van der Waals surface area contributed by atoms with E-state index in [1.165, 1.54) is 5.56 Å². The zero-order chi connectivity index (χ0) is 20.8. The number of hydrogen-bond acceptors (Lipinski definition) is 4. The van der Waals surface area contributed by atoms with Gasteiger partial charge in [-0.2, -0.15) is 0 Å². The van der Waals surface area contributed by atoms with Crippen LogP contribution in [-0.2, 0) is 13.0 Å². The van der Waals surface area contributed by atoms with Crippen LogP contribution in [0.15, 0.2) is 64.2 Å². The Hall–Kier alpha value is -2.88. The van der Waals surface area contributed by atoms with Crippen molar-refractivity contribution in [2.45, 2.75) is 26.8 Å². The summed E-state index contributed by atoms with van der Waals surface area (Å²) >= 11 is 0. The van der Waals surface area contributed by atoms with Crippen molar-refractivity contribution >= 4 is 41.0 Å². The van der Waals surface area contributed by atoms with Gasteiger partial charge in [0, 0.05) is 25.1 Å². The number of aryl methyl sites for hydroxylation is 1. The van der Waals surface area contributed by atoms with E-state index in [0.29, 0.717) is 12.4 Å². The van der Waals surface area contributed by atoms with Crippen LogP contribution in [0.5, 0.6) is 0 Å². The Bertz CT molecular complexity index is 1100. The lowest BCUT2D eigenvalue weighted by Gasteiger charge is -2.10. The van der Waals surface area contributed by atoms with Crippen molar-refractivity contribution in [3.63, 3.8) is 0 Å². The number of imidazole rings is 1. The first-order chi connectivity index (χ1) is 14.7. The maximum Gasteiger partial charge on any atom is 0.226 e. The van der Waals surface area contributed by atoms with Gasteiger partial charge in [-0.05, 0) is 38.1 Å². The molecule has 7 nitrogen and oxygen atoms in total. The highest BCUT2D eigenvalue weighted by Crippen LogP contribution is 2.19. The Morgan fingerprint density at radius 3 is 2.65 bits per heavy atom. The number of rotatable bonds is 7. The number of oxazole rings is 1. The van der Waals surface area contributed by atoms with Crippen molar-refractivity contribution in [1.82, 2.24) is 25.6 Å². The number of para-hydroxylation sites is 2. The molecule has 0 bridgehead atoms. The SMILES string of the molecule is CCNC(=NCc1coc(-c2ccc(C)cc2)n1)NCCc1nc2ccccc2[nH]1.I. The lowest BCUT2D eigenvalue weighted by molar-refractivity contribution is 0.572. The second-order valence-electron chi connectivity index (χ2n) is 7.08. The Labute approximate surface area is 198 Å². The van der Waals surface area contributed by atoms with E-state index >= 15 is 0 Å². The molecule has 4 rings (SSSR count). The normalized spacial score (nSPS) is 11.4. The average Bonchev–Trinajstić information content (AvgIpc) is 3.39. The van der Waals surface area contributed by atoms with Crippen molar-refractivity contribution < 1.29 is 4.42 Å². The number of guanidine groups is 1. The fourth-order valence-corrected chi connectivity index (χ4v) is 3.13. The van der Waals surface area contributed by atoms with E-state index in [0.717, 1.165) is 53.6 Å². The van der Waals surface area contributed by atoms with Crippen LogP contribution in [0.3, 0.4) is 0 Å². The van der Waals surface area contributed by atoms with Crippen LogP contribution < -0.4 is 10.6 Å². The zero-order valence-corrected chi connectivity index (χ0v) is 20.0. The van der Waals surface area contributed by atoms with Crippen molar-refractivity contribution in [3.8, 4) is 11.5 Å². The number of halogens is 1. The van der Waals surface area contributed by atoms with Crippen LogP contribution in [0.1, 0.15) is 24.0 Å². The van der Waals surface area contributed by atoms with Crippen molar-refractivity contribution in [2.24, 2.45) is 4.99 Å². The smallest absolute Gasteiger partial charge is 0.226 e. The summed E-state index contributed by atoms with van der Waals surface area (Å²) in [7, 11) is 0. The van der Waals surface area contributed by atoms with Gasteiger partial charge in [-0.1, -0.05) is 29.8 Å². The second-order valence-corrected chi connectivity index (χ2v) is 7.08. The molecule has 0 saturated carbocycles. The molecule has 0 aliphatic carbocycles. The number of aliphatic imine (C=N–C) groups is 1. The van der Waals surface area contributed by atoms with Gasteiger partial charge in [-0.15, -0.1) is 24.0 Å². The minimum atomic E-state index is 0. The third kappa shape index (κ3) is 6.06. The first-order valence-electron chi connectivity index (χ1n) is 10.2. The average molecular weight is 530 g/mol. The maximum absolute atomic E-state index is 5.62. The number of nitrogens with one attached hydrogen (secondary N) is 3. The minimum absolute atomic E-state index is 0. The molecule has 2 aromatic heterocycles. The van der Waals surface area contributed by atoms with E-state index in [1.807, 2.05) is 55.5 Å². The Morgan fingerprint density at radius 1 is 1.06 bits per heavy atom. The molecular formula is C23H27IN6O. The summed E-state index contributed by atoms with van der Waals surface area (Å²) in [5.74, 6) is 2.32. The number of aromatic amines is 1. The van der Waals surface area contributed by atoms with Crippen molar-refractivity contribution in [1.29, 1.82) is 0 Å². The quantitative estimate of drug-likeness (QED) is 0.187. The molecule has 2 heterocycles. The number of nitrogens with zero attached hydrogens (tertiary/aromatic N) is 3. The molecule has 31 heavy (non-hydrogen) atoms. The summed E-state index contributed by atoms with van der Waals surface area (Å²) in [6.45, 7) is 6.04. The summed E-state index contributed by atoms with van der Waals surface area (Å²) < 4.78 is 5.62. The molecule has 0 aliphatic heterocycles. The summed E-state index contributed by atoms with van der Waals surface area (Å²) in [4.78, 5) is 17.1. The van der Waals surface area contributed by atoms with Crippen molar-refractivity contribution in [2.75, 3.05) is 13.1 Å². The minimum Gasteiger partial charge on any atom is -0.444 e. The first kappa shape index (κ1) is 22.8. The number of benzene rings is 2. The van der Waals surface area contributed by atoms with Gasteiger partial charge in [0.15, 0.2) is 5.96 Å². The Balaban J connectivity index is 0.00000272. The third-order valence-electron chi connectivity index (χ3n) is 4.69. The van der Waals surface area contributed by atoms with Gasteiger partial charge >= 0.3 is 0 Å². The lowest BCUT2D eigenvalue weighted by atomic mass is 10.1. The zero-order valence-electron chi connectivity index (χ0n) is 17.7. The topological polar surface area (TPSA) is 91.1 Å². The van der Waals surface area contributed by atoms with Gasteiger partial charge in [0.2, 0.25) is 5.89 Å². The summed E-state index contributed by atoms with van der Waals surface area (Å²) in [6.07, 6.45) is 2.44. The molecule has 0 unspecified atom stereocenters. The van der Waals surface area contributed by atoms with E-state index in [-0.39, 0.29) is 24.0 Å². The van der Waals surface area contributed by atoms with Crippen molar-refractivity contribution in [3.05, 3.63) is 71.9 Å². The molecule has 0 spiro atoms. The highest BCUT2D eigenvalue weighted by Gasteiger charge is 2.07. The molecule has 8 heteroatoms. The molecular weight excluding hydrogens is 503 g/mol. The van der Waals surface area contributed by atoms with Crippen LogP contribution in [0.2, 0.25) is 0 Å². The summed E-state index contributed by atoms with van der Waals surface area (Å²) in [5, 5.41) is 6.61. The van der Waals surface area contributed by atoms with Crippen LogP contribution in [0.4, 0.5) is 0 Å². The van der Waals surface area contributed by atoms with E-state index in [2.05, 4.69) is 37.5 Å². The summed E-state index contributed by atoms with van der Waals surface area (Å²) in [5.41, 5.74) is 5.01. The van der Waals surface area contributed by atoms with Gasteiger partial charge in [0.1, 0.15) is 17.8 Å². The molecule has 2 aromatic carbocycles. The van der Waals surface area contributed by atoms with E-state index in [4.69, 9.17) is 4.42 Å². The van der Waals surface area contributed by atoms with E-state index in [1.54, 1.807) is 6.26 Å². The fraction of sp³-hybridized carbons (Fsp3) is 0.261. The second kappa shape index (κ2) is 10.9. The molecule has 3 N–H and O–H groups in total. The molecule has 0 saturated heterocycles. The monoisotopic (exact) mass is 530 g/mol. The van der Waals surface area contributed by atoms with Crippen LogP contribution in [-0.4, -0.2) is 34.0 Å². The van der Waals surface area contributed by atoms with Gasteiger partial charge in [-0.3, -0.25) is 0 Å². The highest BCUT2D eigenvalue weighted by atomic mass is 127. The summed E-state index contributed by atoms with van der Waals surface area (Å²) in [6, 6.07) is 16.2. The van der Waals surface area contributed by atoms with Gasteiger partial charge in [0.05, 0.1) is 17.6 Å². The molecule has 0 fully saturated rings. The van der Waals surface area contributed by atoms with Crippen LogP contribution in [0.25, 0.3) is 22.5 Å². The standard InChI is InChI=1S/C23H26N6O.HI/c1-3-24-23(25-13-12-21-28-19-6-4-5-7-20(19)29-21)26-14-18-15-30-22(27-18)17-10-8-16(2)9-11-17;/h4-11,15H,3,12-14H2,1-2H3,(H,28,29)(H2,24,25,26);1H.